The maximum Gasteiger partial charge on any atom is 0.229 e. The van der Waals surface area contributed by atoms with Crippen LogP contribution in [0.1, 0.15) is 43.7 Å². The Hall–Kier alpha value is -2.45. The molecule has 8 heteroatoms. The first-order valence-corrected chi connectivity index (χ1v) is 10.8. The van der Waals surface area contributed by atoms with Crippen LogP contribution in [0.15, 0.2) is 18.2 Å². The van der Waals surface area contributed by atoms with E-state index in [0.29, 0.717) is 11.7 Å². The Morgan fingerprint density at radius 2 is 1.97 bits per heavy atom. The zero-order valence-electron chi connectivity index (χ0n) is 17.8. The third-order valence-electron chi connectivity index (χ3n) is 6.60. The number of anilines is 1. The molecule has 0 saturated carbocycles. The lowest BCUT2D eigenvalue weighted by Gasteiger charge is -2.48. The second-order valence-electron chi connectivity index (χ2n) is 8.85. The first-order chi connectivity index (χ1) is 14.3. The van der Waals surface area contributed by atoms with Crippen LogP contribution in [-0.2, 0) is 14.4 Å². The van der Waals surface area contributed by atoms with Gasteiger partial charge in [0.25, 0.3) is 0 Å². The van der Waals surface area contributed by atoms with Crippen molar-refractivity contribution in [2.45, 2.75) is 65.0 Å². The van der Waals surface area contributed by atoms with E-state index < -0.39 is 18.0 Å². The second kappa shape index (κ2) is 8.35. The van der Waals surface area contributed by atoms with E-state index >= 15 is 0 Å². The van der Waals surface area contributed by atoms with Gasteiger partial charge in [0.2, 0.25) is 17.7 Å². The number of amides is 3. The number of piperidine rings is 2. The monoisotopic (exact) mass is 413 g/mol. The summed E-state index contributed by atoms with van der Waals surface area (Å²) < 4.78 is 0. The van der Waals surface area contributed by atoms with E-state index in [0.717, 1.165) is 30.5 Å². The van der Waals surface area contributed by atoms with Crippen molar-refractivity contribution >= 4 is 23.4 Å². The SMILES string of the molecule is Cc1ccc(NC(=O)C2CC(=O)NC3NC(N4CCCCC4C)NC(=O)C32)c(C)c1. The fourth-order valence-corrected chi connectivity index (χ4v) is 4.92. The molecule has 4 rings (SSSR count). The highest BCUT2D eigenvalue weighted by Crippen LogP contribution is 2.30. The Labute approximate surface area is 177 Å². The van der Waals surface area contributed by atoms with Gasteiger partial charge in [-0.05, 0) is 45.2 Å². The summed E-state index contributed by atoms with van der Waals surface area (Å²) in [6.07, 6.45) is 2.44. The average Bonchev–Trinajstić information content (AvgIpc) is 2.69. The van der Waals surface area contributed by atoms with Crippen molar-refractivity contribution in [1.82, 2.24) is 20.9 Å². The zero-order chi connectivity index (χ0) is 21.4. The number of nitrogens with zero attached hydrogens (tertiary/aromatic N) is 1. The van der Waals surface area contributed by atoms with Crippen molar-refractivity contribution in [2.75, 3.05) is 11.9 Å². The van der Waals surface area contributed by atoms with Gasteiger partial charge in [0.15, 0.2) is 0 Å². The highest BCUT2D eigenvalue weighted by molar-refractivity contribution is 6.00. The molecule has 0 bridgehead atoms. The van der Waals surface area contributed by atoms with E-state index in [-0.39, 0.29) is 30.4 Å². The fourth-order valence-electron chi connectivity index (χ4n) is 4.92. The molecule has 1 aromatic rings. The predicted molar refractivity (Wildman–Crippen MR) is 113 cm³/mol. The van der Waals surface area contributed by atoms with Gasteiger partial charge in [-0.25, -0.2) is 0 Å². The summed E-state index contributed by atoms with van der Waals surface area (Å²) in [6, 6.07) is 6.12. The predicted octanol–water partition coefficient (Wildman–Crippen LogP) is 1.20. The number of fused-ring (bicyclic) bond motifs is 1. The molecular formula is C22H31N5O3. The Kier molecular flexibility index (Phi) is 5.79. The van der Waals surface area contributed by atoms with Crippen molar-refractivity contribution in [3.63, 3.8) is 0 Å². The number of benzene rings is 1. The number of likely N-dealkylation sites (tertiary alicyclic amines) is 1. The summed E-state index contributed by atoms with van der Waals surface area (Å²) in [5, 5.41) is 12.2. The fraction of sp³-hybridized carbons (Fsp3) is 0.591. The molecule has 5 unspecified atom stereocenters. The van der Waals surface area contributed by atoms with Gasteiger partial charge in [0.05, 0.1) is 18.0 Å². The molecule has 0 aromatic heterocycles. The van der Waals surface area contributed by atoms with Gasteiger partial charge in [-0.1, -0.05) is 24.1 Å². The Balaban J connectivity index is 1.51. The molecule has 162 valence electrons. The molecule has 0 aliphatic carbocycles. The van der Waals surface area contributed by atoms with Crippen LogP contribution in [0.5, 0.6) is 0 Å². The van der Waals surface area contributed by atoms with Crippen molar-refractivity contribution in [2.24, 2.45) is 11.8 Å². The Morgan fingerprint density at radius 3 is 2.70 bits per heavy atom. The topological polar surface area (TPSA) is 103 Å². The minimum atomic E-state index is -0.725. The minimum absolute atomic E-state index is 0.00219. The van der Waals surface area contributed by atoms with Crippen LogP contribution >= 0.6 is 0 Å². The normalized spacial score (nSPS) is 32.0. The number of hydrogen-bond acceptors (Lipinski definition) is 5. The molecule has 3 saturated heterocycles. The van der Waals surface area contributed by atoms with Crippen LogP contribution in [0.2, 0.25) is 0 Å². The lowest BCUT2D eigenvalue weighted by atomic mass is 9.81. The highest BCUT2D eigenvalue weighted by Gasteiger charge is 2.49. The number of carbonyl (C=O) groups is 3. The van der Waals surface area contributed by atoms with Crippen LogP contribution in [0.4, 0.5) is 5.69 Å². The second-order valence-corrected chi connectivity index (χ2v) is 8.85. The van der Waals surface area contributed by atoms with Crippen molar-refractivity contribution in [3.8, 4) is 0 Å². The summed E-state index contributed by atoms with van der Waals surface area (Å²) in [4.78, 5) is 40.7. The van der Waals surface area contributed by atoms with Gasteiger partial charge < -0.3 is 16.0 Å². The van der Waals surface area contributed by atoms with Crippen LogP contribution in [0.25, 0.3) is 0 Å². The summed E-state index contributed by atoms with van der Waals surface area (Å²) in [5.41, 5.74) is 2.76. The van der Waals surface area contributed by atoms with E-state index in [2.05, 4.69) is 33.1 Å². The Bertz CT molecular complexity index is 857. The standard InChI is InChI=1S/C22H31N5O3/c1-12-7-8-16(13(2)10-12)23-20(29)15-11-17(28)24-19-18(15)21(30)26-22(25-19)27-9-5-4-6-14(27)3/h7-8,10,14-15,18-19,22,25H,4-6,9,11H2,1-3H3,(H,23,29)(H,24,28)(H,26,30). The van der Waals surface area contributed by atoms with Gasteiger partial charge in [-0.15, -0.1) is 0 Å². The van der Waals surface area contributed by atoms with Crippen LogP contribution in [0, 0.1) is 25.7 Å². The molecule has 3 amide bonds. The maximum absolute atomic E-state index is 13.1. The molecule has 8 nitrogen and oxygen atoms in total. The lowest BCUT2D eigenvalue weighted by Crippen LogP contribution is -2.75. The van der Waals surface area contributed by atoms with Crippen LogP contribution in [-0.4, -0.2) is 47.7 Å². The third kappa shape index (κ3) is 4.06. The molecule has 4 N–H and O–H groups in total. The molecule has 30 heavy (non-hydrogen) atoms. The largest absolute Gasteiger partial charge is 0.340 e. The van der Waals surface area contributed by atoms with Gasteiger partial charge in [0, 0.05) is 24.7 Å². The van der Waals surface area contributed by atoms with E-state index in [1.807, 2.05) is 32.0 Å². The van der Waals surface area contributed by atoms with Crippen molar-refractivity contribution in [3.05, 3.63) is 29.3 Å². The minimum Gasteiger partial charge on any atom is -0.340 e. The van der Waals surface area contributed by atoms with Crippen LogP contribution < -0.4 is 21.3 Å². The van der Waals surface area contributed by atoms with Crippen molar-refractivity contribution in [1.29, 1.82) is 0 Å². The average molecular weight is 414 g/mol. The maximum atomic E-state index is 13.1. The molecule has 1 aromatic carbocycles. The quantitative estimate of drug-likeness (QED) is 0.596. The number of nitrogens with one attached hydrogen (secondary N) is 4. The van der Waals surface area contributed by atoms with Gasteiger partial charge >= 0.3 is 0 Å². The van der Waals surface area contributed by atoms with E-state index in [1.165, 1.54) is 6.42 Å². The molecule has 0 radical (unpaired) electrons. The van der Waals surface area contributed by atoms with E-state index in [9.17, 15) is 14.4 Å². The highest BCUT2D eigenvalue weighted by atomic mass is 16.2. The van der Waals surface area contributed by atoms with E-state index in [1.54, 1.807) is 0 Å². The van der Waals surface area contributed by atoms with Crippen LogP contribution in [0.3, 0.4) is 0 Å². The summed E-state index contributed by atoms with van der Waals surface area (Å²) in [7, 11) is 0. The lowest BCUT2D eigenvalue weighted by molar-refractivity contribution is -0.148. The molecule has 3 aliphatic rings. The summed E-state index contributed by atoms with van der Waals surface area (Å²) in [5.74, 6) is -2.08. The van der Waals surface area contributed by atoms with Gasteiger partial charge in [-0.2, -0.15) is 0 Å². The molecule has 5 atom stereocenters. The summed E-state index contributed by atoms with van der Waals surface area (Å²) in [6.45, 7) is 6.96. The third-order valence-corrected chi connectivity index (χ3v) is 6.60. The smallest absolute Gasteiger partial charge is 0.229 e. The number of hydrogen-bond donors (Lipinski definition) is 4. The molecule has 3 fully saturated rings. The molecule has 3 aliphatic heterocycles. The number of aryl methyl sites for hydroxylation is 2. The van der Waals surface area contributed by atoms with Gasteiger partial charge in [0.1, 0.15) is 6.29 Å². The van der Waals surface area contributed by atoms with E-state index in [4.69, 9.17) is 0 Å². The Morgan fingerprint density at radius 1 is 1.17 bits per heavy atom. The molecule has 3 heterocycles. The first kappa shape index (κ1) is 20.8. The molecule has 0 spiro atoms. The summed E-state index contributed by atoms with van der Waals surface area (Å²) >= 11 is 0. The number of rotatable bonds is 3. The van der Waals surface area contributed by atoms with Crippen molar-refractivity contribution < 1.29 is 14.4 Å². The first-order valence-electron chi connectivity index (χ1n) is 10.8. The van der Waals surface area contributed by atoms with Gasteiger partial charge in [-0.3, -0.25) is 24.6 Å². The number of carbonyl (C=O) groups excluding carboxylic acids is 3. The zero-order valence-corrected chi connectivity index (χ0v) is 17.8. The molecular weight excluding hydrogens is 382 g/mol.